The first-order valence-electron chi connectivity index (χ1n) is 11.0. The van der Waals surface area contributed by atoms with Gasteiger partial charge in [-0.25, -0.2) is 4.79 Å². The normalized spacial score (nSPS) is 17.9. The van der Waals surface area contributed by atoms with Gasteiger partial charge < -0.3 is 14.7 Å². The molecule has 2 atom stereocenters. The summed E-state index contributed by atoms with van der Waals surface area (Å²) in [6.45, 7) is 3.79. The van der Waals surface area contributed by atoms with Gasteiger partial charge in [0, 0.05) is 5.02 Å². The number of benzene rings is 3. The maximum Gasteiger partial charge on any atom is 0.326 e. The minimum absolute atomic E-state index is 0.157. The van der Waals surface area contributed by atoms with Crippen LogP contribution in [0.25, 0.3) is 11.1 Å². The predicted octanol–water partition coefficient (Wildman–Crippen LogP) is 6.22. The number of carbonyl (C=O) groups is 2. The number of ether oxygens (including phenoxy) is 1. The van der Waals surface area contributed by atoms with Crippen molar-refractivity contribution in [1.82, 2.24) is 4.90 Å². The van der Waals surface area contributed by atoms with Crippen molar-refractivity contribution in [3.05, 3.63) is 88.9 Å². The molecule has 2 unspecified atom stereocenters. The standard InChI is InChI=1S/C27H26ClNO4/c1-17(2)33-24-14-8-12-19(18-9-4-3-5-10-18)25(24)26(30)29-22(15-16-23(29)27(31)32)20-11-6-7-13-21(20)28/h3-14,17,22-23H,15-16H2,1-2H3,(H,31,32). The van der Waals surface area contributed by atoms with Gasteiger partial charge in [-0.3, -0.25) is 4.79 Å². The molecule has 33 heavy (non-hydrogen) atoms. The number of rotatable bonds is 6. The van der Waals surface area contributed by atoms with E-state index < -0.39 is 18.1 Å². The summed E-state index contributed by atoms with van der Waals surface area (Å²) in [5, 5.41) is 10.5. The topological polar surface area (TPSA) is 66.8 Å². The Morgan fingerprint density at radius 2 is 1.67 bits per heavy atom. The van der Waals surface area contributed by atoms with Crippen molar-refractivity contribution in [1.29, 1.82) is 0 Å². The van der Waals surface area contributed by atoms with Crippen molar-refractivity contribution in [3.8, 4) is 16.9 Å². The van der Waals surface area contributed by atoms with Gasteiger partial charge in [-0.15, -0.1) is 0 Å². The minimum Gasteiger partial charge on any atom is -0.490 e. The molecule has 3 aromatic rings. The summed E-state index contributed by atoms with van der Waals surface area (Å²) >= 11 is 6.46. The van der Waals surface area contributed by atoms with E-state index in [1.165, 1.54) is 4.90 Å². The highest BCUT2D eigenvalue weighted by molar-refractivity contribution is 6.31. The SMILES string of the molecule is CC(C)Oc1cccc(-c2ccccc2)c1C(=O)N1C(C(=O)O)CCC1c1ccccc1Cl. The van der Waals surface area contributed by atoms with Crippen molar-refractivity contribution in [3.63, 3.8) is 0 Å². The van der Waals surface area contributed by atoms with Crippen molar-refractivity contribution >= 4 is 23.5 Å². The van der Waals surface area contributed by atoms with Crippen molar-refractivity contribution < 1.29 is 19.4 Å². The molecule has 1 fully saturated rings. The third-order valence-corrected chi connectivity index (χ3v) is 6.20. The number of likely N-dealkylation sites (tertiary alicyclic amines) is 1. The molecule has 4 rings (SSSR count). The lowest BCUT2D eigenvalue weighted by Gasteiger charge is -2.31. The third kappa shape index (κ3) is 4.60. The van der Waals surface area contributed by atoms with Gasteiger partial charge >= 0.3 is 5.97 Å². The molecule has 0 bridgehead atoms. The molecule has 0 radical (unpaired) electrons. The zero-order valence-electron chi connectivity index (χ0n) is 18.6. The molecule has 1 aliphatic rings. The molecule has 1 aliphatic heterocycles. The summed E-state index contributed by atoms with van der Waals surface area (Å²) in [4.78, 5) is 27.8. The Balaban J connectivity index is 1.88. The number of amides is 1. The second kappa shape index (κ2) is 9.67. The number of carboxylic acid groups (broad SMARTS) is 1. The summed E-state index contributed by atoms with van der Waals surface area (Å²) in [6.07, 6.45) is 0.710. The molecule has 3 aromatic carbocycles. The molecule has 170 valence electrons. The lowest BCUT2D eigenvalue weighted by atomic mass is 9.96. The minimum atomic E-state index is -1.03. The van der Waals surface area contributed by atoms with Crippen LogP contribution < -0.4 is 4.74 Å². The number of halogens is 1. The molecular weight excluding hydrogens is 438 g/mol. The highest BCUT2D eigenvalue weighted by atomic mass is 35.5. The number of nitrogens with zero attached hydrogens (tertiary/aromatic N) is 1. The highest BCUT2D eigenvalue weighted by Crippen LogP contribution is 2.42. The van der Waals surface area contributed by atoms with Gasteiger partial charge in [-0.2, -0.15) is 0 Å². The average Bonchev–Trinajstić information content (AvgIpc) is 3.24. The van der Waals surface area contributed by atoms with E-state index in [4.69, 9.17) is 16.3 Å². The predicted molar refractivity (Wildman–Crippen MR) is 129 cm³/mol. The molecule has 1 amide bonds. The third-order valence-electron chi connectivity index (χ3n) is 5.86. The van der Waals surface area contributed by atoms with Crippen LogP contribution in [0.15, 0.2) is 72.8 Å². The fraction of sp³-hybridized carbons (Fsp3) is 0.259. The zero-order valence-corrected chi connectivity index (χ0v) is 19.3. The Morgan fingerprint density at radius 3 is 2.33 bits per heavy atom. The first-order valence-corrected chi connectivity index (χ1v) is 11.4. The van der Waals surface area contributed by atoms with Crippen LogP contribution in [0.3, 0.4) is 0 Å². The van der Waals surface area contributed by atoms with E-state index in [2.05, 4.69) is 0 Å². The molecule has 1 N–H and O–H groups in total. The highest BCUT2D eigenvalue weighted by Gasteiger charge is 2.43. The Bertz CT molecular complexity index is 1160. The summed E-state index contributed by atoms with van der Waals surface area (Å²) in [5.41, 5.74) is 2.67. The van der Waals surface area contributed by atoms with Crippen molar-refractivity contribution in [2.75, 3.05) is 0 Å². The number of aliphatic carboxylic acids is 1. The maximum atomic E-state index is 14.2. The second-order valence-corrected chi connectivity index (χ2v) is 8.80. The van der Waals surface area contributed by atoms with Gasteiger partial charge in [-0.05, 0) is 55.5 Å². The van der Waals surface area contributed by atoms with E-state index >= 15 is 0 Å². The Hall–Kier alpha value is -3.31. The fourth-order valence-corrected chi connectivity index (χ4v) is 4.74. The molecule has 0 spiro atoms. The monoisotopic (exact) mass is 463 g/mol. The largest absolute Gasteiger partial charge is 0.490 e. The van der Waals surface area contributed by atoms with E-state index in [0.29, 0.717) is 34.7 Å². The maximum absolute atomic E-state index is 14.2. The second-order valence-electron chi connectivity index (χ2n) is 8.39. The average molecular weight is 464 g/mol. The van der Waals surface area contributed by atoms with Crippen LogP contribution in [-0.4, -0.2) is 34.0 Å². The molecule has 1 saturated heterocycles. The Labute approximate surface area is 198 Å². The van der Waals surface area contributed by atoms with Crippen LogP contribution in [0.5, 0.6) is 5.75 Å². The molecule has 0 saturated carbocycles. The molecule has 6 heteroatoms. The summed E-state index contributed by atoms with van der Waals surface area (Å²) in [7, 11) is 0. The first-order chi connectivity index (χ1) is 15.9. The van der Waals surface area contributed by atoms with Crippen molar-refractivity contribution in [2.24, 2.45) is 0 Å². The number of hydrogen-bond donors (Lipinski definition) is 1. The Kier molecular flexibility index (Phi) is 6.70. The number of carbonyl (C=O) groups excluding carboxylic acids is 1. The molecule has 0 aliphatic carbocycles. The van der Waals surface area contributed by atoms with Gasteiger partial charge in [0.15, 0.2) is 0 Å². The van der Waals surface area contributed by atoms with Crippen LogP contribution in [0.2, 0.25) is 5.02 Å². The zero-order chi connectivity index (χ0) is 23.5. The molecule has 1 heterocycles. The van der Waals surface area contributed by atoms with Gasteiger partial charge in [0.1, 0.15) is 11.8 Å². The van der Waals surface area contributed by atoms with Gasteiger partial charge in [0.2, 0.25) is 0 Å². The summed E-state index contributed by atoms with van der Waals surface area (Å²) in [5.74, 6) is -0.966. The quantitative estimate of drug-likeness (QED) is 0.471. The summed E-state index contributed by atoms with van der Waals surface area (Å²) < 4.78 is 6.03. The van der Waals surface area contributed by atoms with E-state index in [1.807, 2.05) is 74.5 Å². The van der Waals surface area contributed by atoms with Crippen LogP contribution in [0.1, 0.15) is 48.7 Å². The van der Waals surface area contributed by atoms with Crippen LogP contribution in [0, 0.1) is 0 Å². The van der Waals surface area contributed by atoms with E-state index in [-0.39, 0.29) is 12.0 Å². The summed E-state index contributed by atoms with van der Waals surface area (Å²) in [6, 6.07) is 20.9. The van der Waals surface area contributed by atoms with Crippen LogP contribution >= 0.6 is 11.6 Å². The Morgan fingerprint density at radius 1 is 0.970 bits per heavy atom. The van der Waals surface area contributed by atoms with Crippen LogP contribution in [-0.2, 0) is 4.79 Å². The van der Waals surface area contributed by atoms with Crippen molar-refractivity contribution in [2.45, 2.75) is 44.9 Å². The molecule has 0 aromatic heterocycles. The van der Waals surface area contributed by atoms with E-state index in [0.717, 1.165) is 11.1 Å². The van der Waals surface area contributed by atoms with E-state index in [9.17, 15) is 14.7 Å². The lowest BCUT2D eigenvalue weighted by molar-refractivity contribution is -0.141. The van der Waals surface area contributed by atoms with Crippen LogP contribution in [0.4, 0.5) is 0 Å². The number of carboxylic acids is 1. The van der Waals surface area contributed by atoms with Gasteiger partial charge in [-0.1, -0.05) is 72.3 Å². The smallest absolute Gasteiger partial charge is 0.326 e. The fourth-order valence-electron chi connectivity index (χ4n) is 4.48. The van der Waals surface area contributed by atoms with Gasteiger partial charge in [0.05, 0.1) is 17.7 Å². The molecule has 5 nitrogen and oxygen atoms in total. The first kappa shape index (κ1) is 22.9. The number of hydrogen-bond acceptors (Lipinski definition) is 3. The van der Waals surface area contributed by atoms with Gasteiger partial charge in [0.25, 0.3) is 5.91 Å². The lowest BCUT2D eigenvalue weighted by Crippen LogP contribution is -2.42. The molecular formula is C27H26ClNO4. The van der Waals surface area contributed by atoms with E-state index in [1.54, 1.807) is 12.1 Å².